The largest absolute Gasteiger partial charge is 0.493 e. The highest BCUT2D eigenvalue weighted by atomic mass is 16.5. The van der Waals surface area contributed by atoms with Crippen LogP contribution in [0.2, 0.25) is 0 Å². The minimum absolute atomic E-state index is 0.0752. The van der Waals surface area contributed by atoms with E-state index in [0.29, 0.717) is 23.8 Å². The average molecular weight is 481 g/mol. The van der Waals surface area contributed by atoms with Gasteiger partial charge in [0.1, 0.15) is 5.75 Å². The zero-order valence-electron chi connectivity index (χ0n) is 20.3. The van der Waals surface area contributed by atoms with Crippen LogP contribution < -0.4 is 19.5 Å². The molecular formula is C30H28N2O4. The van der Waals surface area contributed by atoms with Gasteiger partial charge in [-0.15, -0.1) is 0 Å². The van der Waals surface area contributed by atoms with Gasteiger partial charge in [0.05, 0.1) is 14.2 Å². The van der Waals surface area contributed by atoms with Gasteiger partial charge in [-0.25, -0.2) is 0 Å². The molecule has 0 saturated carbocycles. The van der Waals surface area contributed by atoms with Gasteiger partial charge < -0.3 is 24.5 Å². The molecule has 0 aliphatic heterocycles. The number of carbonyl (C=O) groups excluding carboxylic acids is 1. The van der Waals surface area contributed by atoms with E-state index in [9.17, 15) is 4.79 Å². The number of rotatable bonds is 9. The topological polar surface area (TPSA) is 72.6 Å². The number of amides is 1. The van der Waals surface area contributed by atoms with E-state index in [-0.39, 0.29) is 18.4 Å². The number of aromatic amines is 1. The monoisotopic (exact) mass is 480 g/mol. The molecule has 6 nitrogen and oxygen atoms in total. The molecular weight excluding hydrogens is 452 g/mol. The summed E-state index contributed by atoms with van der Waals surface area (Å²) < 4.78 is 17.1. The number of para-hydroxylation sites is 2. The number of hydrogen-bond donors (Lipinski definition) is 2. The Kier molecular flexibility index (Phi) is 6.76. The smallest absolute Gasteiger partial charge is 0.257 e. The number of nitrogens with one attached hydrogen (secondary N) is 2. The Bertz CT molecular complexity index is 1510. The summed E-state index contributed by atoms with van der Waals surface area (Å²) in [5.41, 5.74) is 3.02. The van der Waals surface area contributed by atoms with E-state index >= 15 is 0 Å². The molecule has 5 aromatic rings. The maximum Gasteiger partial charge on any atom is 0.257 e. The van der Waals surface area contributed by atoms with Gasteiger partial charge in [-0.3, -0.25) is 4.79 Å². The van der Waals surface area contributed by atoms with Crippen LogP contribution in [0.25, 0.3) is 21.7 Å². The molecule has 0 aliphatic rings. The summed E-state index contributed by atoms with van der Waals surface area (Å²) in [6.07, 6.45) is 1.99. The summed E-state index contributed by atoms with van der Waals surface area (Å²) in [5, 5.41) is 6.35. The van der Waals surface area contributed by atoms with Crippen LogP contribution in [0.3, 0.4) is 0 Å². The van der Waals surface area contributed by atoms with Crippen molar-refractivity contribution in [2.75, 3.05) is 27.4 Å². The number of H-pyrrole nitrogens is 1. The zero-order chi connectivity index (χ0) is 24.9. The predicted molar refractivity (Wildman–Crippen MR) is 142 cm³/mol. The summed E-state index contributed by atoms with van der Waals surface area (Å²) in [6.45, 7) is 0.291. The number of ether oxygens (including phenoxy) is 3. The van der Waals surface area contributed by atoms with Gasteiger partial charge in [-0.05, 0) is 40.6 Å². The normalized spacial score (nSPS) is 11.8. The van der Waals surface area contributed by atoms with Crippen LogP contribution in [0, 0.1) is 0 Å². The van der Waals surface area contributed by atoms with E-state index in [0.717, 1.165) is 32.8 Å². The highest BCUT2D eigenvalue weighted by molar-refractivity contribution is 5.85. The molecule has 0 saturated heterocycles. The SMILES string of the molecule is COc1cccc(C(CNC(=O)COc2ccc3ccccc3c2)c2c[nH]c3ccccc23)c1OC. The van der Waals surface area contributed by atoms with Crippen molar-refractivity contribution in [3.05, 3.63) is 102 Å². The first-order valence-corrected chi connectivity index (χ1v) is 11.8. The molecule has 1 heterocycles. The van der Waals surface area contributed by atoms with Gasteiger partial charge in [0, 0.05) is 35.1 Å². The molecule has 1 unspecified atom stereocenters. The van der Waals surface area contributed by atoms with Crippen molar-refractivity contribution in [3.8, 4) is 17.2 Å². The van der Waals surface area contributed by atoms with Crippen LogP contribution in [0.1, 0.15) is 17.0 Å². The molecule has 0 radical (unpaired) electrons. The number of benzene rings is 4. The van der Waals surface area contributed by atoms with Gasteiger partial charge in [-0.1, -0.05) is 60.7 Å². The van der Waals surface area contributed by atoms with Crippen LogP contribution in [-0.4, -0.2) is 38.3 Å². The molecule has 1 atom stereocenters. The van der Waals surface area contributed by atoms with Crippen LogP contribution in [0.4, 0.5) is 0 Å². The molecule has 0 fully saturated rings. The lowest BCUT2D eigenvalue weighted by Crippen LogP contribution is -2.33. The van der Waals surface area contributed by atoms with Crippen molar-refractivity contribution in [1.29, 1.82) is 0 Å². The third-order valence-electron chi connectivity index (χ3n) is 6.40. The molecule has 1 amide bonds. The van der Waals surface area contributed by atoms with Crippen LogP contribution in [-0.2, 0) is 4.79 Å². The maximum absolute atomic E-state index is 12.8. The fourth-order valence-corrected chi connectivity index (χ4v) is 4.63. The molecule has 0 bridgehead atoms. The second-order valence-electron chi connectivity index (χ2n) is 8.53. The highest BCUT2D eigenvalue weighted by Crippen LogP contribution is 2.40. The maximum atomic E-state index is 12.8. The molecule has 36 heavy (non-hydrogen) atoms. The van der Waals surface area contributed by atoms with Crippen molar-refractivity contribution in [3.63, 3.8) is 0 Å². The van der Waals surface area contributed by atoms with E-state index in [1.54, 1.807) is 14.2 Å². The quantitative estimate of drug-likeness (QED) is 0.285. The Balaban J connectivity index is 1.37. The Morgan fingerprint density at radius 1 is 0.861 bits per heavy atom. The second-order valence-corrected chi connectivity index (χ2v) is 8.53. The van der Waals surface area contributed by atoms with Gasteiger partial charge >= 0.3 is 0 Å². The molecule has 5 rings (SSSR count). The standard InChI is InChI=1S/C30H28N2O4/c1-34-28-13-7-11-24(30(28)35-2)26(25-17-31-27-12-6-5-10-23(25)27)18-32-29(33)19-36-22-15-14-20-8-3-4-9-21(20)16-22/h3-17,26,31H,18-19H2,1-2H3,(H,32,33). The van der Waals surface area contributed by atoms with Gasteiger partial charge in [0.15, 0.2) is 18.1 Å². The lowest BCUT2D eigenvalue weighted by Gasteiger charge is -2.22. The molecule has 4 aromatic carbocycles. The Hall–Kier alpha value is -4.45. The van der Waals surface area contributed by atoms with Crippen molar-refractivity contribution in [2.24, 2.45) is 0 Å². The number of fused-ring (bicyclic) bond motifs is 2. The van der Waals surface area contributed by atoms with Gasteiger partial charge in [0.25, 0.3) is 5.91 Å². The fourth-order valence-electron chi connectivity index (χ4n) is 4.63. The lowest BCUT2D eigenvalue weighted by atomic mass is 9.90. The number of carbonyl (C=O) groups is 1. The second kappa shape index (κ2) is 10.4. The van der Waals surface area contributed by atoms with Gasteiger partial charge in [0.2, 0.25) is 0 Å². The van der Waals surface area contributed by atoms with E-state index < -0.39 is 0 Å². The lowest BCUT2D eigenvalue weighted by molar-refractivity contribution is -0.123. The molecule has 182 valence electrons. The van der Waals surface area contributed by atoms with Crippen molar-refractivity contribution in [2.45, 2.75) is 5.92 Å². The Labute approximate surface area is 209 Å². The first-order valence-electron chi connectivity index (χ1n) is 11.8. The van der Waals surface area contributed by atoms with E-state index in [1.807, 2.05) is 85.1 Å². The molecule has 6 heteroatoms. The number of aromatic nitrogens is 1. The zero-order valence-corrected chi connectivity index (χ0v) is 20.3. The average Bonchev–Trinajstić information content (AvgIpc) is 3.35. The Morgan fingerprint density at radius 3 is 2.50 bits per heavy atom. The molecule has 1 aromatic heterocycles. The first kappa shape index (κ1) is 23.3. The van der Waals surface area contributed by atoms with Crippen molar-refractivity contribution in [1.82, 2.24) is 10.3 Å². The number of methoxy groups -OCH3 is 2. The van der Waals surface area contributed by atoms with Gasteiger partial charge in [-0.2, -0.15) is 0 Å². The van der Waals surface area contributed by atoms with Crippen LogP contribution >= 0.6 is 0 Å². The van der Waals surface area contributed by atoms with E-state index in [1.165, 1.54) is 0 Å². The summed E-state index contributed by atoms with van der Waals surface area (Å²) in [5.74, 6) is 1.58. The van der Waals surface area contributed by atoms with Crippen molar-refractivity contribution >= 4 is 27.6 Å². The predicted octanol–water partition coefficient (Wildman–Crippen LogP) is 5.67. The third-order valence-corrected chi connectivity index (χ3v) is 6.40. The summed E-state index contributed by atoms with van der Waals surface area (Å²) >= 11 is 0. The molecule has 2 N–H and O–H groups in total. The fraction of sp³-hybridized carbons (Fsp3) is 0.167. The molecule has 0 aliphatic carbocycles. The number of hydrogen-bond acceptors (Lipinski definition) is 4. The summed E-state index contributed by atoms with van der Waals surface area (Å²) in [6, 6.07) is 27.8. The van der Waals surface area contributed by atoms with Crippen LogP contribution in [0.5, 0.6) is 17.2 Å². The highest BCUT2D eigenvalue weighted by Gasteiger charge is 2.24. The van der Waals surface area contributed by atoms with E-state index in [2.05, 4.69) is 16.4 Å². The minimum Gasteiger partial charge on any atom is -0.493 e. The van der Waals surface area contributed by atoms with E-state index in [4.69, 9.17) is 14.2 Å². The van der Waals surface area contributed by atoms with Crippen LogP contribution in [0.15, 0.2) is 91.1 Å². The Morgan fingerprint density at radius 2 is 1.67 bits per heavy atom. The third kappa shape index (κ3) is 4.70. The van der Waals surface area contributed by atoms with Crippen molar-refractivity contribution < 1.29 is 19.0 Å². The minimum atomic E-state index is -0.199. The molecule has 0 spiro atoms. The summed E-state index contributed by atoms with van der Waals surface area (Å²) in [4.78, 5) is 16.2. The first-order chi connectivity index (χ1) is 17.7. The summed E-state index contributed by atoms with van der Waals surface area (Å²) in [7, 11) is 3.25.